The summed E-state index contributed by atoms with van der Waals surface area (Å²) in [4.78, 5) is 4.10. The highest BCUT2D eigenvalue weighted by Gasteiger charge is 2.34. The first-order valence-electron chi connectivity index (χ1n) is 5.86. The zero-order valence-electron chi connectivity index (χ0n) is 10.5. The predicted molar refractivity (Wildman–Crippen MR) is 76.8 cm³/mol. The molecule has 0 unspecified atom stereocenters. The monoisotopic (exact) mass is 365 g/mol. The number of benzene rings is 1. The van der Waals surface area contributed by atoms with Gasteiger partial charge in [-0.3, -0.25) is 0 Å². The molecule has 0 atom stereocenters. The number of hydrogen-bond donors (Lipinski definition) is 1. The largest absolute Gasteiger partial charge is 0.417 e. The second-order valence-electron chi connectivity index (χ2n) is 4.04. The van der Waals surface area contributed by atoms with Gasteiger partial charge in [-0.05, 0) is 24.6 Å². The molecule has 3 nitrogen and oxygen atoms in total. The smallest absolute Gasteiger partial charge is 0.360 e. The Morgan fingerprint density at radius 1 is 1.35 bits per heavy atom. The van der Waals surface area contributed by atoms with Crippen LogP contribution in [0.5, 0.6) is 0 Å². The molecule has 2 rings (SSSR count). The Balaban J connectivity index is 2.39. The fourth-order valence-electron chi connectivity index (χ4n) is 1.58. The average molecular weight is 366 g/mol. The zero-order chi connectivity index (χ0) is 14.8. The minimum atomic E-state index is -4.44. The number of nitrogens with zero attached hydrogens (tertiary/aromatic N) is 2. The second kappa shape index (κ2) is 6.09. The number of rotatable bonds is 4. The summed E-state index contributed by atoms with van der Waals surface area (Å²) in [6.07, 6.45) is -3.54. The Kier molecular flexibility index (Phi) is 4.64. The Labute approximate surface area is 126 Å². The van der Waals surface area contributed by atoms with Gasteiger partial charge in [0.25, 0.3) is 0 Å². The SMILES string of the molecule is CCCNc1nc(-c2ccc(Br)cc2C(F)(F)F)ns1. The van der Waals surface area contributed by atoms with Gasteiger partial charge in [-0.2, -0.15) is 22.5 Å². The van der Waals surface area contributed by atoms with E-state index in [9.17, 15) is 13.2 Å². The highest BCUT2D eigenvalue weighted by atomic mass is 79.9. The molecule has 8 heteroatoms. The summed E-state index contributed by atoms with van der Waals surface area (Å²) in [5, 5.41) is 3.53. The van der Waals surface area contributed by atoms with Crippen LogP contribution in [0.4, 0.5) is 18.3 Å². The van der Waals surface area contributed by atoms with Crippen molar-refractivity contribution >= 4 is 32.6 Å². The third-order valence-electron chi connectivity index (χ3n) is 2.48. The van der Waals surface area contributed by atoms with E-state index >= 15 is 0 Å². The molecule has 0 saturated heterocycles. The van der Waals surface area contributed by atoms with Crippen LogP contribution >= 0.6 is 27.5 Å². The van der Waals surface area contributed by atoms with Gasteiger partial charge in [0.1, 0.15) is 0 Å². The van der Waals surface area contributed by atoms with Crippen molar-refractivity contribution in [2.24, 2.45) is 0 Å². The molecular weight excluding hydrogens is 355 g/mol. The molecule has 108 valence electrons. The maximum absolute atomic E-state index is 13.0. The van der Waals surface area contributed by atoms with Crippen LogP contribution in [0.25, 0.3) is 11.4 Å². The van der Waals surface area contributed by atoms with E-state index in [1.165, 1.54) is 6.07 Å². The third-order valence-corrected chi connectivity index (χ3v) is 3.65. The van der Waals surface area contributed by atoms with Crippen LogP contribution in [0.2, 0.25) is 0 Å². The number of aromatic nitrogens is 2. The van der Waals surface area contributed by atoms with E-state index in [2.05, 4.69) is 30.6 Å². The quantitative estimate of drug-likeness (QED) is 0.844. The van der Waals surface area contributed by atoms with Crippen molar-refractivity contribution < 1.29 is 13.2 Å². The minimum absolute atomic E-state index is 0.0125. The van der Waals surface area contributed by atoms with Crippen LogP contribution in [0.3, 0.4) is 0 Å². The molecule has 0 spiro atoms. The maximum atomic E-state index is 13.0. The lowest BCUT2D eigenvalue weighted by molar-refractivity contribution is -0.137. The number of anilines is 1. The van der Waals surface area contributed by atoms with Gasteiger partial charge < -0.3 is 5.32 Å². The summed E-state index contributed by atoms with van der Waals surface area (Å²) in [6.45, 7) is 2.70. The van der Waals surface area contributed by atoms with E-state index in [1.54, 1.807) is 6.07 Å². The molecular formula is C12H11BrF3N3S. The molecule has 0 aliphatic heterocycles. The van der Waals surface area contributed by atoms with Crippen LogP contribution in [0, 0.1) is 0 Å². The Bertz CT molecular complexity index is 598. The highest BCUT2D eigenvalue weighted by molar-refractivity contribution is 9.10. The van der Waals surface area contributed by atoms with Gasteiger partial charge in [0.2, 0.25) is 5.13 Å². The summed E-state index contributed by atoms with van der Waals surface area (Å²) >= 11 is 4.11. The van der Waals surface area contributed by atoms with Gasteiger partial charge in [-0.15, -0.1) is 0 Å². The van der Waals surface area contributed by atoms with E-state index in [0.717, 1.165) is 24.0 Å². The van der Waals surface area contributed by atoms with Gasteiger partial charge in [-0.1, -0.05) is 22.9 Å². The molecule has 0 saturated carbocycles. The van der Waals surface area contributed by atoms with Gasteiger partial charge in [0, 0.05) is 28.1 Å². The van der Waals surface area contributed by atoms with E-state index in [0.29, 0.717) is 16.1 Å². The van der Waals surface area contributed by atoms with E-state index in [4.69, 9.17) is 0 Å². The van der Waals surface area contributed by atoms with Crippen molar-refractivity contribution in [2.75, 3.05) is 11.9 Å². The molecule has 1 aromatic carbocycles. The first kappa shape index (κ1) is 15.2. The normalized spacial score (nSPS) is 11.7. The van der Waals surface area contributed by atoms with Gasteiger partial charge in [0.15, 0.2) is 5.82 Å². The molecule has 1 aromatic heterocycles. The summed E-state index contributed by atoms with van der Waals surface area (Å²) in [7, 11) is 0. The molecule has 0 radical (unpaired) electrons. The molecule has 0 aliphatic rings. The molecule has 0 fully saturated rings. The van der Waals surface area contributed by atoms with E-state index in [1.807, 2.05) is 6.92 Å². The lowest BCUT2D eigenvalue weighted by atomic mass is 10.1. The second-order valence-corrected chi connectivity index (χ2v) is 5.71. The average Bonchev–Trinajstić information content (AvgIpc) is 2.84. The lowest BCUT2D eigenvalue weighted by Crippen LogP contribution is -2.07. The van der Waals surface area contributed by atoms with Crippen LogP contribution in [-0.2, 0) is 6.18 Å². The van der Waals surface area contributed by atoms with Crippen molar-refractivity contribution in [1.29, 1.82) is 0 Å². The minimum Gasteiger partial charge on any atom is -0.360 e. The number of hydrogen-bond acceptors (Lipinski definition) is 4. The van der Waals surface area contributed by atoms with Crippen molar-refractivity contribution in [1.82, 2.24) is 9.36 Å². The lowest BCUT2D eigenvalue weighted by Gasteiger charge is -2.11. The van der Waals surface area contributed by atoms with Crippen molar-refractivity contribution in [2.45, 2.75) is 19.5 Å². The zero-order valence-corrected chi connectivity index (χ0v) is 12.9. The molecule has 1 N–H and O–H groups in total. The fourth-order valence-corrected chi connectivity index (χ4v) is 2.55. The van der Waals surface area contributed by atoms with E-state index in [-0.39, 0.29) is 11.4 Å². The first-order chi connectivity index (χ1) is 9.41. The summed E-state index contributed by atoms with van der Waals surface area (Å²) in [5.74, 6) is 0.0911. The van der Waals surface area contributed by atoms with Crippen molar-refractivity contribution in [3.63, 3.8) is 0 Å². The number of alkyl halides is 3. The first-order valence-corrected chi connectivity index (χ1v) is 7.43. The Hall–Kier alpha value is -1.15. The standard InChI is InChI=1S/C12H11BrF3N3S/c1-2-5-17-11-18-10(19-20-11)8-4-3-7(13)6-9(8)12(14,15)16/h3-4,6H,2,5H2,1H3,(H,17,18,19). The van der Waals surface area contributed by atoms with Crippen molar-refractivity contribution in [3.8, 4) is 11.4 Å². The van der Waals surface area contributed by atoms with Gasteiger partial charge in [-0.25, -0.2) is 0 Å². The van der Waals surface area contributed by atoms with Crippen molar-refractivity contribution in [3.05, 3.63) is 28.2 Å². The molecule has 1 heterocycles. The number of nitrogens with one attached hydrogen (secondary N) is 1. The van der Waals surface area contributed by atoms with Gasteiger partial charge in [0.05, 0.1) is 5.56 Å². The Morgan fingerprint density at radius 2 is 2.10 bits per heavy atom. The maximum Gasteiger partial charge on any atom is 0.417 e. The fraction of sp³-hybridized carbons (Fsp3) is 0.333. The van der Waals surface area contributed by atoms with Crippen LogP contribution < -0.4 is 5.32 Å². The summed E-state index contributed by atoms with van der Waals surface area (Å²) < 4.78 is 43.5. The van der Waals surface area contributed by atoms with Crippen LogP contribution in [-0.4, -0.2) is 15.9 Å². The predicted octanol–water partition coefficient (Wildman–Crippen LogP) is 4.81. The third kappa shape index (κ3) is 3.49. The Morgan fingerprint density at radius 3 is 2.75 bits per heavy atom. The van der Waals surface area contributed by atoms with Gasteiger partial charge >= 0.3 is 6.18 Å². The topological polar surface area (TPSA) is 37.8 Å². The van der Waals surface area contributed by atoms with Crippen LogP contribution in [0.15, 0.2) is 22.7 Å². The molecule has 0 bridgehead atoms. The molecule has 2 aromatic rings. The number of halogens is 4. The van der Waals surface area contributed by atoms with Crippen LogP contribution in [0.1, 0.15) is 18.9 Å². The summed E-state index contributed by atoms with van der Waals surface area (Å²) in [5.41, 5.74) is -0.756. The summed E-state index contributed by atoms with van der Waals surface area (Å²) in [6, 6.07) is 3.96. The molecule has 0 aliphatic carbocycles. The molecule has 20 heavy (non-hydrogen) atoms. The molecule has 0 amide bonds. The van der Waals surface area contributed by atoms with E-state index < -0.39 is 11.7 Å². The highest BCUT2D eigenvalue weighted by Crippen LogP contribution is 2.38.